The molecule has 0 spiro atoms. The molecule has 5 N–H and O–H groups in total. The summed E-state index contributed by atoms with van der Waals surface area (Å²) in [5.41, 5.74) is 15.0. The Bertz CT molecular complexity index is 801. The fourth-order valence-corrected chi connectivity index (χ4v) is 3.26. The topological polar surface area (TPSA) is 114 Å². The minimum absolute atomic E-state index is 0.383. The van der Waals surface area contributed by atoms with Crippen molar-refractivity contribution >= 4 is 16.6 Å². The number of aromatic nitrogens is 2. The number of fused-ring (bicyclic) bond motifs is 1. The fourth-order valence-electron chi connectivity index (χ4n) is 3.26. The number of hydrogen-bond acceptors (Lipinski definition) is 6. The van der Waals surface area contributed by atoms with Crippen molar-refractivity contribution in [2.45, 2.75) is 31.7 Å². The number of rotatable bonds is 7. The first-order chi connectivity index (χ1) is 12.2. The predicted octanol–water partition coefficient (Wildman–Crippen LogP) is 1.91. The van der Waals surface area contributed by atoms with Crippen LogP contribution in [0.25, 0.3) is 16.6 Å². The summed E-state index contributed by atoms with van der Waals surface area (Å²) in [5.74, 6) is 0.792. The summed E-state index contributed by atoms with van der Waals surface area (Å²) in [7, 11) is 0. The van der Waals surface area contributed by atoms with Crippen molar-refractivity contribution < 1.29 is 0 Å². The molecule has 0 radical (unpaired) electrons. The first-order valence-electron chi connectivity index (χ1n) is 8.76. The second-order valence-corrected chi connectivity index (χ2v) is 6.55. The SMILES string of the molecule is N#Cc1cccc2nc(/C(=C/NC3CC(CCCN)C3)CN)cnc12. The van der Waals surface area contributed by atoms with E-state index in [4.69, 9.17) is 16.7 Å². The predicted molar refractivity (Wildman–Crippen MR) is 99.2 cm³/mol. The number of hydrogen-bond donors (Lipinski definition) is 3. The van der Waals surface area contributed by atoms with Gasteiger partial charge in [-0.15, -0.1) is 0 Å². The molecule has 6 nitrogen and oxygen atoms in total. The standard InChI is InChI=1S/C19H24N6/c20-6-2-3-13-7-16(8-13)23-11-15(10-22)18-12-24-19-14(9-21)4-1-5-17(19)25-18/h1,4-5,11-13,16,23H,2-3,6-8,10,20,22H2/b15-11+. The molecule has 1 saturated carbocycles. The van der Waals surface area contributed by atoms with Crippen molar-refractivity contribution in [3.8, 4) is 6.07 Å². The number of nitrogens with zero attached hydrogens (tertiary/aromatic N) is 3. The van der Waals surface area contributed by atoms with Gasteiger partial charge < -0.3 is 16.8 Å². The van der Waals surface area contributed by atoms with E-state index in [1.807, 2.05) is 18.3 Å². The molecule has 6 heteroatoms. The summed E-state index contributed by atoms with van der Waals surface area (Å²) in [6.07, 6.45) is 8.35. The molecule has 2 aromatic rings. The highest BCUT2D eigenvalue weighted by Gasteiger charge is 2.27. The first kappa shape index (κ1) is 17.3. The summed E-state index contributed by atoms with van der Waals surface area (Å²) >= 11 is 0. The maximum Gasteiger partial charge on any atom is 0.106 e. The van der Waals surface area contributed by atoms with Gasteiger partial charge in [-0.1, -0.05) is 6.07 Å². The van der Waals surface area contributed by atoms with E-state index in [0.29, 0.717) is 29.2 Å². The van der Waals surface area contributed by atoms with Gasteiger partial charge in [0.15, 0.2) is 0 Å². The summed E-state index contributed by atoms with van der Waals surface area (Å²) in [4.78, 5) is 9.02. The molecule has 0 amide bonds. The van der Waals surface area contributed by atoms with Crippen LogP contribution in [0.5, 0.6) is 0 Å². The van der Waals surface area contributed by atoms with Gasteiger partial charge >= 0.3 is 0 Å². The smallest absolute Gasteiger partial charge is 0.106 e. The quantitative estimate of drug-likeness (QED) is 0.711. The van der Waals surface area contributed by atoms with Crippen LogP contribution in [0.4, 0.5) is 0 Å². The molecule has 0 saturated heterocycles. The largest absolute Gasteiger partial charge is 0.388 e. The van der Waals surface area contributed by atoms with E-state index in [1.54, 1.807) is 12.3 Å². The van der Waals surface area contributed by atoms with E-state index >= 15 is 0 Å². The third-order valence-electron chi connectivity index (χ3n) is 4.79. The minimum Gasteiger partial charge on any atom is -0.388 e. The van der Waals surface area contributed by atoms with Crippen molar-refractivity contribution in [3.63, 3.8) is 0 Å². The molecule has 25 heavy (non-hydrogen) atoms. The Morgan fingerprint density at radius 3 is 2.92 bits per heavy atom. The molecule has 1 aromatic heterocycles. The van der Waals surface area contributed by atoms with Gasteiger partial charge in [-0.2, -0.15) is 5.26 Å². The van der Waals surface area contributed by atoms with E-state index in [0.717, 1.165) is 30.2 Å². The zero-order valence-corrected chi connectivity index (χ0v) is 14.3. The first-order valence-corrected chi connectivity index (χ1v) is 8.76. The zero-order chi connectivity index (χ0) is 17.6. The lowest BCUT2D eigenvalue weighted by Gasteiger charge is -2.35. The van der Waals surface area contributed by atoms with E-state index in [2.05, 4.69) is 21.4 Å². The number of nitrogens with two attached hydrogens (primary N) is 2. The lowest BCUT2D eigenvalue weighted by Crippen LogP contribution is -2.39. The van der Waals surface area contributed by atoms with Crippen molar-refractivity contribution in [2.24, 2.45) is 17.4 Å². The summed E-state index contributed by atoms with van der Waals surface area (Å²) < 4.78 is 0. The molecule has 130 valence electrons. The summed E-state index contributed by atoms with van der Waals surface area (Å²) in [6, 6.07) is 8.07. The van der Waals surface area contributed by atoms with Crippen LogP contribution in [-0.2, 0) is 0 Å². The van der Waals surface area contributed by atoms with Crippen LogP contribution in [0.3, 0.4) is 0 Å². The molecular weight excluding hydrogens is 312 g/mol. The number of para-hydroxylation sites is 1. The van der Waals surface area contributed by atoms with Gasteiger partial charge in [0.1, 0.15) is 11.6 Å². The molecule has 1 aliphatic carbocycles. The van der Waals surface area contributed by atoms with Crippen LogP contribution in [0.1, 0.15) is 36.9 Å². The maximum absolute atomic E-state index is 9.15. The van der Waals surface area contributed by atoms with Gasteiger partial charge in [0.05, 0.1) is 23.0 Å². The highest BCUT2D eigenvalue weighted by atomic mass is 14.9. The van der Waals surface area contributed by atoms with E-state index < -0.39 is 0 Å². The van der Waals surface area contributed by atoms with Crippen LogP contribution in [0, 0.1) is 17.2 Å². The van der Waals surface area contributed by atoms with Crippen LogP contribution >= 0.6 is 0 Å². The average molecular weight is 336 g/mol. The third-order valence-corrected chi connectivity index (χ3v) is 4.79. The van der Waals surface area contributed by atoms with Crippen molar-refractivity contribution in [1.29, 1.82) is 5.26 Å². The maximum atomic E-state index is 9.15. The third kappa shape index (κ3) is 3.95. The fraction of sp³-hybridized carbons (Fsp3) is 0.421. The number of benzene rings is 1. The van der Waals surface area contributed by atoms with E-state index in [1.165, 1.54) is 19.3 Å². The Hall–Kier alpha value is -2.49. The van der Waals surface area contributed by atoms with Gasteiger partial charge in [0.2, 0.25) is 0 Å². The molecule has 1 fully saturated rings. The second-order valence-electron chi connectivity index (χ2n) is 6.55. The monoisotopic (exact) mass is 336 g/mol. The minimum atomic E-state index is 0.383. The lowest BCUT2D eigenvalue weighted by atomic mass is 9.77. The molecular formula is C19H24N6. The van der Waals surface area contributed by atoms with Gasteiger partial charge in [0, 0.05) is 24.4 Å². The van der Waals surface area contributed by atoms with Crippen molar-refractivity contribution in [2.75, 3.05) is 13.1 Å². The highest BCUT2D eigenvalue weighted by molar-refractivity contribution is 5.82. The van der Waals surface area contributed by atoms with Gasteiger partial charge in [0.25, 0.3) is 0 Å². The van der Waals surface area contributed by atoms with Crippen LogP contribution < -0.4 is 16.8 Å². The Morgan fingerprint density at radius 1 is 1.36 bits per heavy atom. The van der Waals surface area contributed by atoms with E-state index in [9.17, 15) is 0 Å². The Labute approximate surface area is 147 Å². The molecule has 3 rings (SSSR count). The van der Waals surface area contributed by atoms with Crippen molar-refractivity contribution in [3.05, 3.63) is 41.9 Å². The highest BCUT2D eigenvalue weighted by Crippen LogP contribution is 2.31. The molecule has 1 heterocycles. The van der Waals surface area contributed by atoms with Gasteiger partial charge in [-0.05, 0) is 50.3 Å². The number of nitriles is 1. The Morgan fingerprint density at radius 2 is 2.20 bits per heavy atom. The Balaban J connectivity index is 1.69. The molecule has 0 unspecified atom stereocenters. The molecule has 1 aromatic carbocycles. The van der Waals surface area contributed by atoms with Gasteiger partial charge in [-0.3, -0.25) is 4.98 Å². The second kappa shape index (κ2) is 8.06. The molecule has 0 atom stereocenters. The summed E-state index contributed by atoms with van der Waals surface area (Å²) in [6.45, 7) is 1.16. The van der Waals surface area contributed by atoms with Gasteiger partial charge in [-0.25, -0.2) is 4.98 Å². The summed E-state index contributed by atoms with van der Waals surface area (Å²) in [5, 5.41) is 12.6. The van der Waals surface area contributed by atoms with Crippen molar-refractivity contribution in [1.82, 2.24) is 15.3 Å². The normalized spacial score (nSPS) is 20.1. The molecule has 0 bridgehead atoms. The van der Waals surface area contributed by atoms with E-state index in [-0.39, 0.29) is 0 Å². The molecule has 1 aliphatic rings. The van der Waals surface area contributed by atoms with Crippen LogP contribution in [0.2, 0.25) is 0 Å². The molecule has 0 aliphatic heterocycles. The lowest BCUT2D eigenvalue weighted by molar-refractivity contribution is 0.223. The Kier molecular flexibility index (Phi) is 5.59. The zero-order valence-electron chi connectivity index (χ0n) is 14.3. The van der Waals surface area contributed by atoms with Crippen LogP contribution in [-0.4, -0.2) is 29.1 Å². The van der Waals surface area contributed by atoms with Crippen LogP contribution in [0.15, 0.2) is 30.6 Å². The number of nitrogens with one attached hydrogen (secondary N) is 1. The average Bonchev–Trinajstić information content (AvgIpc) is 2.62.